The molecule has 7 heteroatoms. The average molecular weight is 429 g/mol. The predicted octanol–water partition coefficient (Wildman–Crippen LogP) is 3.64. The minimum atomic E-state index is -3.68. The Morgan fingerprint density at radius 2 is 1.97 bits per heavy atom. The molecule has 1 heterocycles. The number of nitrogens with one attached hydrogen (secondary N) is 1. The van der Waals surface area contributed by atoms with E-state index in [0.29, 0.717) is 18.9 Å². The summed E-state index contributed by atoms with van der Waals surface area (Å²) in [5.41, 5.74) is 2.57. The van der Waals surface area contributed by atoms with Crippen molar-refractivity contribution in [3.8, 4) is 5.75 Å². The van der Waals surface area contributed by atoms with E-state index in [0.717, 1.165) is 48.9 Å². The Morgan fingerprint density at radius 1 is 1.17 bits per heavy atom. The van der Waals surface area contributed by atoms with Gasteiger partial charge in [-0.1, -0.05) is 24.6 Å². The highest BCUT2D eigenvalue weighted by Crippen LogP contribution is 2.35. The summed E-state index contributed by atoms with van der Waals surface area (Å²) in [5.74, 6) is 0.994. The highest BCUT2D eigenvalue weighted by molar-refractivity contribution is 7.89. The van der Waals surface area contributed by atoms with Gasteiger partial charge in [0.05, 0.1) is 11.5 Å². The van der Waals surface area contributed by atoms with Crippen LogP contribution >= 0.6 is 0 Å². The van der Waals surface area contributed by atoms with Gasteiger partial charge in [-0.15, -0.1) is 0 Å². The summed E-state index contributed by atoms with van der Waals surface area (Å²) in [6.07, 6.45) is 4.67. The van der Waals surface area contributed by atoms with Crippen LogP contribution in [0.1, 0.15) is 43.7 Å². The van der Waals surface area contributed by atoms with Crippen LogP contribution in [0.5, 0.6) is 5.75 Å². The van der Waals surface area contributed by atoms with Crippen molar-refractivity contribution in [2.45, 2.75) is 50.5 Å². The van der Waals surface area contributed by atoms with E-state index < -0.39 is 10.0 Å². The lowest BCUT2D eigenvalue weighted by Gasteiger charge is -2.35. The fourth-order valence-electron chi connectivity index (χ4n) is 4.05. The third kappa shape index (κ3) is 4.23. The number of nitrogens with zero attached hydrogens (tertiary/aromatic N) is 1. The quantitative estimate of drug-likeness (QED) is 0.731. The van der Waals surface area contributed by atoms with Gasteiger partial charge in [-0.3, -0.25) is 4.79 Å². The summed E-state index contributed by atoms with van der Waals surface area (Å²) in [6, 6.07) is 12.5. The lowest BCUT2D eigenvalue weighted by atomic mass is 9.83. The van der Waals surface area contributed by atoms with Crippen molar-refractivity contribution >= 4 is 21.6 Å². The summed E-state index contributed by atoms with van der Waals surface area (Å²) in [4.78, 5) is 14.8. The Morgan fingerprint density at radius 3 is 2.70 bits per heavy atom. The van der Waals surface area contributed by atoms with Gasteiger partial charge in [-0.25, -0.2) is 13.1 Å². The van der Waals surface area contributed by atoms with Crippen molar-refractivity contribution in [1.82, 2.24) is 4.72 Å². The normalized spacial score (nSPS) is 16.6. The molecule has 4 rings (SSSR count). The van der Waals surface area contributed by atoms with Gasteiger partial charge in [0.15, 0.2) is 0 Å². The van der Waals surface area contributed by atoms with Crippen LogP contribution in [0.4, 0.5) is 5.69 Å². The number of fused-ring (bicyclic) bond motifs is 1. The van der Waals surface area contributed by atoms with Crippen LogP contribution in [-0.2, 0) is 27.8 Å². The average Bonchev–Trinajstić information content (AvgIpc) is 2.71. The van der Waals surface area contributed by atoms with Gasteiger partial charge in [-0.2, -0.15) is 0 Å². The maximum Gasteiger partial charge on any atom is 0.240 e. The van der Waals surface area contributed by atoms with Gasteiger partial charge < -0.3 is 9.64 Å². The third-order valence-electron chi connectivity index (χ3n) is 5.93. The molecule has 1 aliphatic carbocycles. The highest BCUT2D eigenvalue weighted by Gasteiger charge is 2.32. The van der Waals surface area contributed by atoms with Crippen LogP contribution in [-0.4, -0.2) is 27.5 Å². The van der Waals surface area contributed by atoms with Crippen LogP contribution in [0.3, 0.4) is 0 Å². The Hall–Kier alpha value is -2.38. The molecular weight excluding hydrogens is 400 g/mol. The molecule has 1 aliphatic heterocycles. The van der Waals surface area contributed by atoms with E-state index in [-0.39, 0.29) is 23.3 Å². The standard InChI is InChI=1S/C23H28N2O4S/c1-2-29-22-11-4-3-7-19(22)16-24-30(27,28)20-12-13-21-18(15-20)10-6-14-25(21)23(26)17-8-5-9-17/h3-4,7,11-13,15,17,24H,2,5-6,8-10,14,16H2,1H3. The number of sulfonamides is 1. The molecule has 6 nitrogen and oxygen atoms in total. The SMILES string of the molecule is CCOc1ccccc1CNS(=O)(=O)c1ccc2c(c1)CCCN2C(=O)C1CCC1. The molecule has 2 aliphatic rings. The molecule has 2 aromatic rings. The van der Waals surface area contributed by atoms with Gasteiger partial charge >= 0.3 is 0 Å². The number of para-hydroxylation sites is 1. The smallest absolute Gasteiger partial charge is 0.240 e. The number of carbonyl (C=O) groups is 1. The van der Waals surface area contributed by atoms with Crippen LogP contribution in [0.25, 0.3) is 0 Å². The summed E-state index contributed by atoms with van der Waals surface area (Å²) >= 11 is 0. The van der Waals surface area contributed by atoms with E-state index in [4.69, 9.17) is 4.74 Å². The second-order valence-electron chi connectivity index (χ2n) is 7.88. The number of benzene rings is 2. The molecule has 1 saturated carbocycles. The number of hydrogen-bond acceptors (Lipinski definition) is 4. The molecule has 0 bridgehead atoms. The molecule has 1 fully saturated rings. The number of aryl methyl sites for hydroxylation is 1. The lowest BCUT2D eigenvalue weighted by molar-refractivity contribution is -0.124. The summed E-state index contributed by atoms with van der Waals surface area (Å²) in [5, 5.41) is 0. The molecule has 30 heavy (non-hydrogen) atoms. The van der Waals surface area contributed by atoms with E-state index >= 15 is 0 Å². The van der Waals surface area contributed by atoms with Crippen molar-refractivity contribution in [3.63, 3.8) is 0 Å². The molecule has 2 aromatic carbocycles. The minimum Gasteiger partial charge on any atom is -0.494 e. The van der Waals surface area contributed by atoms with Gasteiger partial charge in [0.25, 0.3) is 0 Å². The summed E-state index contributed by atoms with van der Waals surface area (Å²) in [6.45, 7) is 3.28. The van der Waals surface area contributed by atoms with Crippen molar-refractivity contribution in [2.75, 3.05) is 18.1 Å². The maximum atomic E-state index is 12.9. The van der Waals surface area contributed by atoms with Gasteiger partial charge in [0.2, 0.25) is 15.9 Å². The molecule has 0 saturated heterocycles. The largest absolute Gasteiger partial charge is 0.494 e. The Kier molecular flexibility index (Phi) is 6.11. The maximum absolute atomic E-state index is 12.9. The molecule has 0 atom stereocenters. The van der Waals surface area contributed by atoms with Gasteiger partial charge in [0.1, 0.15) is 5.75 Å². The topological polar surface area (TPSA) is 75.7 Å². The first-order valence-corrected chi connectivity index (χ1v) is 12.1. The van der Waals surface area contributed by atoms with Crippen molar-refractivity contribution in [3.05, 3.63) is 53.6 Å². The number of anilines is 1. The second-order valence-corrected chi connectivity index (χ2v) is 9.64. The van der Waals surface area contributed by atoms with E-state index in [9.17, 15) is 13.2 Å². The zero-order valence-electron chi connectivity index (χ0n) is 17.3. The Bertz CT molecular complexity index is 1030. The van der Waals surface area contributed by atoms with Crippen LogP contribution in [0.2, 0.25) is 0 Å². The molecule has 1 N–H and O–H groups in total. The Labute approximate surface area is 178 Å². The van der Waals surface area contributed by atoms with Crippen molar-refractivity contribution in [1.29, 1.82) is 0 Å². The van der Waals surface area contributed by atoms with Gasteiger partial charge in [-0.05, 0) is 62.4 Å². The number of carbonyl (C=O) groups excluding carboxylic acids is 1. The van der Waals surface area contributed by atoms with E-state index in [2.05, 4.69) is 4.72 Å². The number of hydrogen-bond donors (Lipinski definition) is 1. The highest BCUT2D eigenvalue weighted by atomic mass is 32.2. The van der Waals surface area contributed by atoms with E-state index in [1.165, 1.54) is 0 Å². The molecular formula is C23H28N2O4S. The van der Waals surface area contributed by atoms with Crippen LogP contribution in [0.15, 0.2) is 47.4 Å². The first kappa shape index (κ1) is 20.9. The van der Waals surface area contributed by atoms with Crippen molar-refractivity contribution < 1.29 is 17.9 Å². The first-order chi connectivity index (χ1) is 14.5. The molecule has 0 aromatic heterocycles. The van der Waals surface area contributed by atoms with Crippen LogP contribution in [0, 0.1) is 5.92 Å². The fourth-order valence-corrected chi connectivity index (χ4v) is 5.10. The number of rotatable bonds is 7. The van der Waals surface area contributed by atoms with Crippen molar-refractivity contribution in [2.24, 2.45) is 5.92 Å². The van der Waals surface area contributed by atoms with E-state index in [1.54, 1.807) is 18.2 Å². The van der Waals surface area contributed by atoms with Gasteiger partial charge in [0, 0.05) is 30.3 Å². The number of amides is 1. The van der Waals surface area contributed by atoms with Crippen LogP contribution < -0.4 is 14.4 Å². The third-order valence-corrected chi connectivity index (χ3v) is 7.32. The Balaban J connectivity index is 1.52. The second kappa shape index (κ2) is 8.78. The molecule has 0 unspecified atom stereocenters. The molecule has 160 valence electrons. The number of ether oxygens (including phenoxy) is 1. The lowest BCUT2D eigenvalue weighted by Crippen LogP contribution is -2.41. The molecule has 1 amide bonds. The summed E-state index contributed by atoms with van der Waals surface area (Å²) in [7, 11) is -3.68. The van der Waals surface area contributed by atoms with E-state index in [1.807, 2.05) is 36.1 Å². The molecule has 0 spiro atoms. The predicted molar refractivity (Wildman–Crippen MR) is 116 cm³/mol. The molecule has 0 radical (unpaired) electrons. The zero-order valence-corrected chi connectivity index (χ0v) is 18.1. The summed E-state index contributed by atoms with van der Waals surface area (Å²) < 4.78 is 34.1. The first-order valence-electron chi connectivity index (χ1n) is 10.6. The zero-order chi connectivity index (χ0) is 21.1. The minimum absolute atomic E-state index is 0.131. The monoisotopic (exact) mass is 428 g/mol. The fraction of sp³-hybridized carbons (Fsp3) is 0.435.